The number of likely N-dealkylation sites (N-methyl/N-ethyl adjacent to an activating group) is 1. The summed E-state index contributed by atoms with van der Waals surface area (Å²) >= 11 is 0. The van der Waals surface area contributed by atoms with Gasteiger partial charge in [0.15, 0.2) is 0 Å². The first-order valence-electron chi connectivity index (χ1n) is 11.0. The molecular formula is C26H26FN3O4. The number of hydrogen-bond acceptors (Lipinski definition) is 4. The molecular weight excluding hydrogens is 437 g/mol. The van der Waals surface area contributed by atoms with Gasteiger partial charge in [-0.1, -0.05) is 37.3 Å². The van der Waals surface area contributed by atoms with Crippen molar-refractivity contribution < 1.29 is 23.5 Å². The van der Waals surface area contributed by atoms with Gasteiger partial charge in [-0.2, -0.15) is 0 Å². The van der Waals surface area contributed by atoms with Crippen LogP contribution in [0.1, 0.15) is 24.5 Å². The summed E-state index contributed by atoms with van der Waals surface area (Å²) in [5.41, 5.74) is 0.0778. The number of rotatable bonds is 7. The van der Waals surface area contributed by atoms with Gasteiger partial charge in [-0.05, 0) is 58.7 Å². The van der Waals surface area contributed by atoms with Gasteiger partial charge in [0.2, 0.25) is 5.91 Å². The zero-order chi connectivity index (χ0) is 24.5. The van der Waals surface area contributed by atoms with Crippen LogP contribution in [-0.4, -0.2) is 48.3 Å². The SMILES string of the molecule is CCC1(c2ccc(F)cc2)NC(=O)N(CC(=O)N(C)Cc2ccc3cc(OC)ccc3c2)C1=O. The number of carbonyl (C=O) groups is 3. The van der Waals surface area contributed by atoms with Crippen molar-refractivity contribution in [2.24, 2.45) is 0 Å². The molecule has 1 fully saturated rings. The number of imide groups is 1. The quantitative estimate of drug-likeness (QED) is 0.541. The summed E-state index contributed by atoms with van der Waals surface area (Å²) in [6, 6.07) is 16.4. The summed E-state index contributed by atoms with van der Waals surface area (Å²) in [5.74, 6) is -0.560. The average Bonchev–Trinajstić information content (AvgIpc) is 3.09. The Morgan fingerprint density at radius 2 is 1.74 bits per heavy atom. The molecule has 3 aromatic carbocycles. The molecule has 7 nitrogen and oxygen atoms in total. The largest absolute Gasteiger partial charge is 0.497 e. The molecule has 1 saturated heterocycles. The second kappa shape index (κ2) is 9.13. The number of carbonyl (C=O) groups excluding carboxylic acids is 3. The van der Waals surface area contributed by atoms with Crippen LogP contribution >= 0.6 is 0 Å². The second-order valence-corrected chi connectivity index (χ2v) is 8.38. The smallest absolute Gasteiger partial charge is 0.325 e. The second-order valence-electron chi connectivity index (χ2n) is 8.38. The summed E-state index contributed by atoms with van der Waals surface area (Å²) in [6.07, 6.45) is 0.269. The Morgan fingerprint density at radius 1 is 1.06 bits per heavy atom. The first-order chi connectivity index (χ1) is 16.3. The van der Waals surface area contributed by atoms with Gasteiger partial charge in [0.1, 0.15) is 23.7 Å². The van der Waals surface area contributed by atoms with Gasteiger partial charge in [-0.25, -0.2) is 9.18 Å². The Bertz CT molecular complexity index is 1260. The molecule has 1 aliphatic heterocycles. The third-order valence-corrected chi connectivity index (χ3v) is 6.29. The summed E-state index contributed by atoms with van der Waals surface area (Å²) in [5, 5.41) is 4.75. The van der Waals surface area contributed by atoms with Crippen molar-refractivity contribution >= 4 is 28.6 Å². The molecule has 34 heavy (non-hydrogen) atoms. The third-order valence-electron chi connectivity index (χ3n) is 6.29. The highest BCUT2D eigenvalue weighted by Gasteiger charge is 2.51. The first kappa shape index (κ1) is 23.2. The van der Waals surface area contributed by atoms with E-state index >= 15 is 0 Å². The van der Waals surface area contributed by atoms with E-state index in [0.717, 1.165) is 27.0 Å². The molecule has 0 spiro atoms. The minimum absolute atomic E-state index is 0.269. The highest BCUT2D eigenvalue weighted by molar-refractivity contribution is 6.09. The predicted octanol–water partition coefficient (Wildman–Crippen LogP) is 3.80. The molecule has 1 aliphatic rings. The molecule has 0 bridgehead atoms. The minimum Gasteiger partial charge on any atom is -0.497 e. The van der Waals surface area contributed by atoms with Crippen LogP contribution in [-0.2, 0) is 21.7 Å². The molecule has 1 unspecified atom stereocenters. The van der Waals surface area contributed by atoms with Crippen LogP contribution in [0.15, 0.2) is 60.7 Å². The van der Waals surface area contributed by atoms with E-state index in [9.17, 15) is 18.8 Å². The summed E-state index contributed by atoms with van der Waals surface area (Å²) in [4.78, 5) is 41.2. The van der Waals surface area contributed by atoms with Crippen LogP contribution in [0, 0.1) is 5.82 Å². The predicted molar refractivity (Wildman–Crippen MR) is 126 cm³/mol. The van der Waals surface area contributed by atoms with E-state index < -0.39 is 23.3 Å². The fraction of sp³-hybridized carbons (Fsp3) is 0.269. The number of methoxy groups -OCH3 is 1. The van der Waals surface area contributed by atoms with Crippen molar-refractivity contribution in [1.29, 1.82) is 0 Å². The average molecular weight is 464 g/mol. The maximum atomic E-state index is 13.4. The van der Waals surface area contributed by atoms with Crippen molar-refractivity contribution in [2.75, 3.05) is 20.7 Å². The van der Waals surface area contributed by atoms with E-state index in [1.54, 1.807) is 21.1 Å². The number of benzene rings is 3. The van der Waals surface area contributed by atoms with Gasteiger partial charge in [0, 0.05) is 13.6 Å². The van der Waals surface area contributed by atoms with Crippen molar-refractivity contribution in [2.45, 2.75) is 25.4 Å². The fourth-order valence-corrected chi connectivity index (χ4v) is 4.26. The normalized spacial score (nSPS) is 17.7. The van der Waals surface area contributed by atoms with Crippen LogP contribution in [0.2, 0.25) is 0 Å². The van der Waals surface area contributed by atoms with Crippen LogP contribution < -0.4 is 10.1 Å². The number of fused-ring (bicyclic) bond motifs is 1. The van der Waals surface area contributed by atoms with E-state index in [0.29, 0.717) is 12.1 Å². The van der Waals surface area contributed by atoms with Gasteiger partial charge in [-0.15, -0.1) is 0 Å². The zero-order valence-electron chi connectivity index (χ0n) is 19.3. The number of ether oxygens (including phenoxy) is 1. The van der Waals surface area contributed by atoms with Crippen molar-refractivity contribution in [1.82, 2.24) is 15.1 Å². The highest BCUT2D eigenvalue weighted by atomic mass is 19.1. The van der Waals surface area contributed by atoms with Gasteiger partial charge >= 0.3 is 6.03 Å². The summed E-state index contributed by atoms with van der Waals surface area (Å²) in [7, 11) is 3.25. The number of halogens is 1. The summed E-state index contributed by atoms with van der Waals surface area (Å²) < 4.78 is 18.6. The number of urea groups is 1. The molecule has 0 saturated carbocycles. The third kappa shape index (κ3) is 4.19. The lowest BCUT2D eigenvalue weighted by Crippen LogP contribution is -2.45. The van der Waals surface area contributed by atoms with Gasteiger partial charge in [0.25, 0.3) is 5.91 Å². The Morgan fingerprint density at radius 3 is 2.41 bits per heavy atom. The maximum Gasteiger partial charge on any atom is 0.325 e. The van der Waals surface area contributed by atoms with Crippen LogP contribution in [0.4, 0.5) is 9.18 Å². The van der Waals surface area contributed by atoms with Gasteiger partial charge in [0.05, 0.1) is 7.11 Å². The van der Waals surface area contributed by atoms with Crippen molar-refractivity contribution in [3.63, 3.8) is 0 Å². The van der Waals surface area contributed by atoms with Crippen molar-refractivity contribution in [3.8, 4) is 5.75 Å². The highest BCUT2D eigenvalue weighted by Crippen LogP contribution is 2.32. The van der Waals surface area contributed by atoms with Gasteiger partial charge < -0.3 is 15.0 Å². The molecule has 3 aromatic rings. The molecule has 0 aromatic heterocycles. The molecule has 0 aliphatic carbocycles. The van der Waals surface area contributed by atoms with E-state index in [1.807, 2.05) is 36.4 Å². The zero-order valence-corrected chi connectivity index (χ0v) is 19.3. The van der Waals surface area contributed by atoms with E-state index in [1.165, 1.54) is 29.2 Å². The molecule has 1 N–H and O–H groups in total. The molecule has 0 radical (unpaired) electrons. The van der Waals surface area contributed by atoms with Crippen LogP contribution in [0.5, 0.6) is 5.75 Å². The van der Waals surface area contributed by atoms with Crippen LogP contribution in [0.25, 0.3) is 10.8 Å². The number of amides is 4. The van der Waals surface area contributed by atoms with Gasteiger partial charge in [-0.3, -0.25) is 14.5 Å². The van der Waals surface area contributed by atoms with E-state index in [2.05, 4.69) is 5.32 Å². The Balaban J connectivity index is 1.47. The monoisotopic (exact) mass is 463 g/mol. The lowest BCUT2D eigenvalue weighted by atomic mass is 9.87. The molecule has 4 amide bonds. The number of hydrogen-bond donors (Lipinski definition) is 1. The Hall–Kier alpha value is -3.94. The molecule has 1 heterocycles. The van der Waals surface area contributed by atoms with Crippen molar-refractivity contribution in [3.05, 3.63) is 77.6 Å². The van der Waals surface area contributed by atoms with E-state index in [4.69, 9.17) is 4.74 Å². The first-order valence-corrected chi connectivity index (χ1v) is 11.0. The number of nitrogens with one attached hydrogen (secondary N) is 1. The Labute approximate surface area is 197 Å². The standard InChI is InChI=1S/C26H26FN3O4/c1-4-26(20-8-10-21(27)11-9-20)24(32)30(25(33)28-26)16-23(31)29(2)15-17-5-6-19-14-22(34-3)12-7-18(19)13-17/h5-14H,4,15-16H2,1-3H3,(H,28,33). The minimum atomic E-state index is -1.32. The van der Waals surface area contributed by atoms with Crippen LogP contribution in [0.3, 0.4) is 0 Å². The molecule has 1 atom stereocenters. The topological polar surface area (TPSA) is 79.0 Å². The lowest BCUT2D eigenvalue weighted by Gasteiger charge is -2.26. The molecule has 8 heteroatoms. The molecule has 4 rings (SSSR count). The maximum absolute atomic E-state index is 13.4. The lowest BCUT2D eigenvalue weighted by molar-refractivity contribution is -0.138. The Kier molecular flexibility index (Phi) is 6.24. The number of nitrogens with zero attached hydrogens (tertiary/aromatic N) is 2. The molecule has 176 valence electrons. The summed E-state index contributed by atoms with van der Waals surface area (Å²) in [6.45, 7) is 1.70. The fourth-order valence-electron chi connectivity index (χ4n) is 4.26. The van der Waals surface area contributed by atoms with E-state index in [-0.39, 0.29) is 18.9 Å².